The van der Waals surface area contributed by atoms with Crippen LogP contribution in [0.4, 0.5) is 8.78 Å². The van der Waals surface area contributed by atoms with Crippen LogP contribution in [0.15, 0.2) is 34.9 Å². The monoisotopic (exact) mass is 564 g/mol. The van der Waals surface area contributed by atoms with Gasteiger partial charge in [0.25, 0.3) is 5.91 Å². The van der Waals surface area contributed by atoms with Crippen molar-refractivity contribution in [1.29, 1.82) is 0 Å². The molecule has 0 radical (unpaired) electrons. The van der Waals surface area contributed by atoms with Crippen LogP contribution in [0.5, 0.6) is 0 Å². The first-order valence-electron chi connectivity index (χ1n) is 14.3. The maximum absolute atomic E-state index is 14.2. The third-order valence-corrected chi connectivity index (χ3v) is 8.60. The van der Waals surface area contributed by atoms with Crippen molar-refractivity contribution >= 4 is 11.8 Å². The number of hydrogen-bond acceptors (Lipinski definition) is 7. The van der Waals surface area contributed by atoms with Crippen molar-refractivity contribution < 1.29 is 22.9 Å². The highest BCUT2D eigenvalue weighted by atomic mass is 19.1. The molecule has 0 unspecified atom stereocenters. The van der Waals surface area contributed by atoms with Crippen LogP contribution in [0, 0.1) is 31.4 Å². The molecule has 0 bridgehead atoms. The SMILES string of the molecule is Cc1cc(C)nc(C2(NC(=O)[C@H]3CN(C4CCCC4)CC[C@@H]3NC(=O)c3cc(-c4ccc(F)cc4F)on3)CC2)n1. The number of carbonyl (C=O) groups excluding carboxylic acids is 2. The molecule has 216 valence electrons. The van der Waals surface area contributed by atoms with Crippen molar-refractivity contribution in [3.8, 4) is 11.3 Å². The smallest absolute Gasteiger partial charge is 0.273 e. The van der Waals surface area contributed by atoms with E-state index in [2.05, 4.69) is 30.7 Å². The predicted octanol–water partition coefficient (Wildman–Crippen LogP) is 4.20. The van der Waals surface area contributed by atoms with Crippen LogP contribution in [0.1, 0.15) is 72.6 Å². The summed E-state index contributed by atoms with van der Waals surface area (Å²) in [5.74, 6) is -2.01. The lowest BCUT2D eigenvalue weighted by Gasteiger charge is -2.41. The Labute approximate surface area is 237 Å². The van der Waals surface area contributed by atoms with Gasteiger partial charge in [0.1, 0.15) is 11.6 Å². The van der Waals surface area contributed by atoms with Gasteiger partial charge in [0, 0.05) is 48.7 Å². The number of benzene rings is 1. The molecular formula is C30H34F2N6O3. The molecule has 3 aliphatic rings. The second-order valence-corrected chi connectivity index (χ2v) is 11.7. The molecule has 41 heavy (non-hydrogen) atoms. The first kappa shape index (κ1) is 27.4. The van der Waals surface area contributed by atoms with E-state index in [1.54, 1.807) is 0 Å². The fraction of sp³-hybridized carbons (Fsp3) is 0.500. The summed E-state index contributed by atoms with van der Waals surface area (Å²) in [5.41, 5.74) is 1.09. The second-order valence-electron chi connectivity index (χ2n) is 11.7. The first-order valence-corrected chi connectivity index (χ1v) is 14.3. The van der Waals surface area contributed by atoms with E-state index in [0.717, 1.165) is 55.7 Å². The Morgan fingerprint density at radius 3 is 2.44 bits per heavy atom. The summed E-state index contributed by atoms with van der Waals surface area (Å²) in [6.07, 6.45) is 6.74. The summed E-state index contributed by atoms with van der Waals surface area (Å²) < 4.78 is 32.8. The van der Waals surface area contributed by atoms with Gasteiger partial charge in [-0.3, -0.25) is 14.5 Å². The number of piperidine rings is 1. The minimum absolute atomic E-state index is 0.00316. The summed E-state index contributed by atoms with van der Waals surface area (Å²) in [6.45, 7) is 5.15. The number of nitrogens with zero attached hydrogens (tertiary/aromatic N) is 4. The van der Waals surface area contributed by atoms with E-state index < -0.39 is 35.0 Å². The largest absolute Gasteiger partial charge is 0.355 e. The van der Waals surface area contributed by atoms with Crippen LogP contribution in [0.25, 0.3) is 11.3 Å². The van der Waals surface area contributed by atoms with Gasteiger partial charge in [0.05, 0.1) is 17.0 Å². The maximum atomic E-state index is 14.2. The molecule has 3 heterocycles. The van der Waals surface area contributed by atoms with Crippen molar-refractivity contribution in [1.82, 2.24) is 30.7 Å². The molecule has 9 nitrogen and oxygen atoms in total. The highest BCUT2D eigenvalue weighted by Gasteiger charge is 2.50. The zero-order chi connectivity index (χ0) is 28.7. The molecule has 3 aromatic rings. The number of halogens is 2. The van der Waals surface area contributed by atoms with Gasteiger partial charge in [0.15, 0.2) is 17.3 Å². The standard InChI is InChI=1S/C30H34F2N6O3/c1-17-13-18(2)34-29(33-17)30(10-11-30)36-27(39)22-16-38(20-5-3-4-6-20)12-9-24(22)35-28(40)25-15-26(41-37-25)21-8-7-19(31)14-23(21)32/h7-8,13-15,20,22,24H,3-6,9-12,16H2,1-2H3,(H,35,40)(H,36,39)/t22-,24-/m0/s1. The number of carbonyl (C=O) groups is 2. The van der Waals surface area contributed by atoms with Crippen molar-refractivity contribution in [2.45, 2.75) is 76.4 Å². The molecule has 2 saturated carbocycles. The van der Waals surface area contributed by atoms with Crippen LogP contribution >= 0.6 is 0 Å². The van der Waals surface area contributed by atoms with Crippen LogP contribution in [0.2, 0.25) is 0 Å². The molecule has 2 N–H and O–H groups in total. The molecule has 6 rings (SSSR count). The number of aromatic nitrogens is 3. The lowest BCUT2D eigenvalue weighted by Crippen LogP contribution is -2.58. The van der Waals surface area contributed by atoms with Gasteiger partial charge in [-0.2, -0.15) is 0 Å². The minimum atomic E-state index is -0.814. The Morgan fingerprint density at radius 2 is 1.76 bits per heavy atom. The van der Waals surface area contributed by atoms with E-state index in [1.807, 2.05) is 19.9 Å². The molecule has 3 fully saturated rings. The normalized spacial score (nSPS) is 22.4. The van der Waals surface area contributed by atoms with Crippen molar-refractivity contribution in [2.75, 3.05) is 13.1 Å². The van der Waals surface area contributed by atoms with Gasteiger partial charge in [-0.15, -0.1) is 0 Å². The highest BCUT2D eigenvalue weighted by Crippen LogP contribution is 2.44. The number of aryl methyl sites for hydroxylation is 2. The first-order chi connectivity index (χ1) is 19.7. The van der Waals surface area contributed by atoms with Crippen LogP contribution in [-0.4, -0.2) is 57.0 Å². The number of likely N-dealkylation sites (tertiary alicyclic amines) is 1. The molecular weight excluding hydrogens is 530 g/mol. The summed E-state index contributed by atoms with van der Waals surface area (Å²) in [6, 6.07) is 6.34. The quantitative estimate of drug-likeness (QED) is 0.442. The molecule has 0 spiro atoms. The molecule has 1 aliphatic heterocycles. The predicted molar refractivity (Wildman–Crippen MR) is 146 cm³/mol. The molecule has 2 aliphatic carbocycles. The molecule has 2 amide bonds. The Kier molecular flexibility index (Phi) is 7.31. The minimum Gasteiger partial charge on any atom is -0.355 e. The Balaban J connectivity index is 1.20. The summed E-state index contributed by atoms with van der Waals surface area (Å²) in [5, 5.41) is 10.1. The van der Waals surface area contributed by atoms with Gasteiger partial charge in [-0.1, -0.05) is 18.0 Å². The maximum Gasteiger partial charge on any atom is 0.273 e. The fourth-order valence-corrected chi connectivity index (χ4v) is 6.26. The van der Waals surface area contributed by atoms with Crippen molar-refractivity contribution in [3.05, 3.63) is 64.9 Å². The van der Waals surface area contributed by atoms with Gasteiger partial charge in [-0.05, 0) is 64.2 Å². The zero-order valence-electron chi connectivity index (χ0n) is 23.3. The van der Waals surface area contributed by atoms with Crippen molar-refractivity contribution in [3.63, 3.8) is 0 Å². The van der Waals surface area contributed by atoms with Gasteiger partial charge < -0.3 is 15.2 Å². The van der Waals surface area contributed by atoms with E-state index in [0.29, 0.717) is 24.8 Å². The van der Waals surface area contributed by atoms with Crippen LogP contribution < -0.4 is 10.6 Å². The average Bonchev–Trinajstić information content (AvgIpc) is 3.29. The molecule has 1 aromatic carbocycles. The molecule has 1 saturated heterocycles. The Bertz CT molecular complexity index is 1450. The third kappa shape index (κ3) is 5.72. The summed E-state index contributed by atoms with van der Waals surface area (Å²) in [4.78, 5) is 38.8. The topological polar surface area (TPSA) is 113 Å². The van der Waals surface area contributed by atoms with E-state index in [4.69, 9.17) is 4.52 Å². The molecule has 11 heteroatoms. The van der Waals surface area contributed by atoms with Gasteiger partial charge >= 0.3 is 0 Å². The number of nitrogens with one attached hydrogen (secondary N) is 2. The van der Waals surface area contributed by atoms with Gasteiger partial charge in [-0.25, -0.2) is 18.7 Å². The number of hydrogen-bond donors (Lipinski definition) is 2. The molecule has 2 atom stereocenters. The van der Waals surface area contributed by atoms with Gasteiger partial charge in [0.2, 0.25) is 5.91 Å². The second kappa shape index (κ2) is 10.9. The molecule has 2 aromatic heterocycles. The van der Waals surface area contributed by atoms with Crippen LogP contribution in [-0.2, 0) is 10.3 Å². The number of rotatable bonds is 7. The summed E-state index contributed by atoms with van der Waals surface area (Å²) >= 11 is 0. The lowest BCUT2D eigenvalue weighted by molar-refractivity contribution is -0.129. The third-order valence-electron chi connectivity index (χ3n) is 8.60. The zero-order valence-corrected chi connectivity index (χ0v) is 23.3. The Morgan fingerprint density at radius 1 is 1.02 bits per heavy atom. The number of amides is 2. The van der Waals surface area contributed by atoms with Crippen molar-refractivity contribution in [2.24, 2.45) is 5.92 Å². The van der Waals surface area contributed by atoms with E-state index in [1.165, 1.54) is 25.0 Å². The average molecular weight is 565 g/mol. The Hall–Kier alpha value is -3.73. The summed E-state index contributed by atoms with van der Waals surface area (Å²) in [7, 11) is 0. The lowest BCUT2D eigenvalue weighted by atomic mass is 9.89. The highest BCUT2D eigenvalue weighted by molar-refractivity contribution is 5.94. The van der Waals surface area contributed by atoms with E-state index in [-0.39, 0.29) is 22.9 Å². The van der Waals surface area contributed by atoms with Crippen LogP contribution in [0.3, 0.4) is 0 Å². The van der Waals surface area contributed by atoms with E-state index in [9.17, 15) is 18.4 Å². The fourth-order valence-electron chi connectivity index (χ4n) is 6.26. The van der Waals surface area contributed by atoms with E-state index >= 15 is 0 Å².